The zero-order valence-corrected chi connectivity index (χ0v) is 12.8. The standard InChI is InChI=1S/C12H25N3O3S/c1-4-12(13,5-2)11(16)15-8-6-10(7-9-15)14-19(3,17)18/h10,14H,4-9,13H2,1-3H3. The fraction of sp³-hybridized carbons (Fsp3) is 0.917. The predicted molar refractivity (Wildman–Crippen MR) is 75.1 cm³/mol. The van der Waals surface area contributed by atoms with Gasteiger partial charge in [0.1, 0.15) is 0 Å². The van der Waals surface area contributed by atoms with Crippen molar-refractivity contribution in [1.82, 2.24) is 9.62 Å². The molecule has 0 atom stereocenters. The van der Waals surface area contributed by atoms with Gasteiger partial charge in [0.15, 0.2) is 0 Å². The van der Waals surface area contributed by atoms with Crippen LogP contribution >= 0.6 is 0 Å². The van der Waals surface area contributed by atoms with Crippen LogP contribution in [0.2, 0.25) is 0 Å². The molecular formula is C12H25N3O3S. The van der Waals surface area contributed by atoms with E-state index in [4.69, 9.17) is 5.73 Å². The van der Waals surface area contributed by atoms with Crippen LogP contribution in [0.5, 0.6) is 0 Å². The molecule has 1 heterocycles. The van der Waals surface area contributed by atoms with Gasteiger partial charge < -0.3 is 10.6 Å². The molecule has 0 unspecified atom stereocenters. The van der Waals surface area contributed by atoms with Crippen molar-refractivity contribution in [2.45, 2.75) is 51.1 Å². The van der Waals surface area contributed by atoms with Gasteiger partial charge in [-0.05, 0) is 25.7 Å². The highest BCUT2D eigenvalue weighted by Gasteiger charge is 2.35. The highest BCUT2D eigenvalue weighted by molar-refractivity contribution is 7.88. The van der Waals surface area contributed by atoms with Crippen molar-refractivity contribution in [3.63, 3.8) is 0 Å². The molecule has 7 heteroatoms. The summed E-state index contributed by atoms with van der Waals surface area (Å²) in [6.07, 6.45) is 3.67. The summed E-state index contributed by atoms with van der Waals surface area (Å²) in [5.41, 5.74) is 5.32. The van der Waals surface area contributed by atoms with Crippen LogP contribution in [0.25, 0.3) is 0 Å². The van der Waals surface area contributed by atoms with Crippen molar-refractivity contribution in [3.8, 4) is 0 Å². The van der Waals surface area contributed by atoms with Gasteiger partial charge in [-0.2, -0.15) is 0 Å². The minimum Gasteiger partial charge on any atom is -0.341 e. The molecular weight excluding hydrogens is 266 g/mol. The van der Waals surface area contributed by atoms with Crippen LogP contribution in [0.4, 0.5) is 0 Å². The highest BCUT2D eigenvalue weighted by Crippen LogP contribution is 2.19. The topological polar surface area (TPSA) is 92.5 Å². The molecule has 1 aliphatic rings. The number of hydrogen-bond acceptors (Lipinski definition) is 4. The molecule has 1 aliphatic heterocycles. The largest absolute Gasteiger partial charge is 0.341 e. The first kappa shape index (κ1) is 16.4. The van der Waals surface area contributed by atoms with E-state index in [1.165, 1.54) is 0 Å². The van der Waals surface area contributed by atoms with Crippen LogP contribution in [-0.2, 0) is 14.8 Å². The van der Waals surface area contributed by atoms with E-state index in [0.29, 0.717) is 38.8 Å². The molecule has 3 N–H and O–H groups in total. The smallest absolute Gasteiger partial charge is 0.242 e. The molecule has 0 saturated carbocycles. The zero-order chi connectivity index (χ0) is 14.7. The number of likely N-dealkylation sites (tertiary alicyclic amines) is 1. The fourth-order valence-corrected chi connectivity index (χ4v) is 3.21. The van der Waals surface area contributed by atoms with Crippen LogP contribution in [-0.4, -0.2) is 50.2 Å². The third-order valence-corrected chi connectivity index (χ3v) is 4.61. The number of carbonyl (C=O) groups is 1. The molecule has 1 saturated heterocycles. The van der Waals surface area contributed by atoms with Gasteiger partial charge in [-0.15, -0.1) is 0 Å². The molecule has 0 aromatic heterocycles. The second-order valence-corrected chi connectivity index (χ2v) is 7.10. The minimum atomic E-state index is -3.18. The van der Waals surface area contributed by atoms with Crippen LogP contribution in [0.1, 0.15) is 39.5 Å². The third kappa shape index (κ3) is 4.43. The van der Waals surface area contributed by atoms with Gasteiger partial charge in [0.05, 0.1) is 11.8 Å². The third-order valence-electron chi connectivity index (χ3n) is 3.85. The van der Waals surface area contributed by atoms with Crippen molar-refractivity contribution >= 4 is 15.9 Å². The highest BCUT2D eigenvalue weighted by atomic mass is 32.2. The van der Waals surface area contributed by atoms with Crippen molar-refractivity contribution in [1.29, 1.82) is 0 Å². The maximum absolute atomic E-state index is 12.3. The van der Waals surface area contributed by atoms with Crippen molar-refractivity contribution in [3.05, 3.63) is 0 Å². The summed E-state index contributed by atoms with van der Waals surface area (Å²) in [5, 5.41) is 0. The van der Waals surface area contributed by atoms with E-state index in [-0.39, 0.29) is 11.9 Å². The first-order chi connectivity index (χ1) is 8.72. The van der Waals surface area contributed by atoms with E-state index >= 15 is 0 Å². The number of carbonyl (C=O) groups excluding carboxylic acids is 1. The Balaban J connectivity index is 2.57. The van der Waals surface area contributed by atoms with E-state index in [0.717, 1.165) is 6.26 Å². The van der Waals surface area contributed by atoms with E-state index in [1.54, 1.807) is 4.90 Å². The van der Waals surface area contributed by atoms with Crippen LogP contribution in [0.15, 0.2) is 0 Å². The van der Waals surface area contributed by atoms with Crippen molar-refractivity contribution in [2.75, 3.05) is 19.3 Å². The maximum Gasteiger partial charge on any atom is 0.242 e. The molecule has 1 rings (SSSR count). The van der Waals surface area contributed by atoms with Crippen LogP contribution in [0, 0.1) is 0 Å². The Morgan fingerprint density at radius 2 is 1.79 bits per heavy atom. The molecule has 112 valence electrons. The molecule has 19 heavy (non-hydrogen) atoms. The molecule has 6 nitrogen and oxygen atoms in total. The van der Waals surface area contributed by atoms with Crippen LogP contribution < -0.4 is 10.5 Å². The maximum atomic E-state index is 12.3. The number of nitrogens with one attached hydrogen (secondary N) is 1. The van der Waals surface area contributed by atoms with Gasteiger partial charge in [-0.3, -0.25) is 4.79 Å². The average Bonchev–Trinajstić information content (AvgIpc) is 2.36. The van der Waals surface area contributed by atoms with Gasteiger partial charge in [-0.25, -0.2) is 13.1 Å². The number of amides is 1. The zero-order valence-electron chi connectivity index (χ0n) is 12.0. The van der Waals surface area contributed by atoms with E-state index in [2.05, 4.69) is 4.72 Å². The van der Waals surface area contributed by atoms with Gasteiger partial charge in [-0.1, -0.05) is 13.8 Å². The average molecular weight is 291 g/mol. The molecule has 0 bridgehead atoms. The summed E-state index contributed by atoms with van der Waals surface area (Å²) < 4.78 is 24.9. The van der Waals surface area contributed by atoms with Gasteiger partial charge in [0, 0.05) is 19.1 Å². The molecule has 1 fully saturated rings. The molecule has 0 radical (unpaired) electrons. The fourth-order valence-electron chi connectivity index (χ4n) is 2.37. The van der Waals surface area contributed by atoms with Gasteiger partial charge in [0.25, 0.3) is 0 Å². The van der Waals surface area contributed by atoms with E-state index in [9.17, 15) is 13.2 Å². The van der Waals surface area contributed by atoms with E-state index in [1.807, 2.05) is 13.8 Å². The summed E-state index contributed by atoms with van der Waals surface area (Å²) in [7, 11) is -3.18. The lowest BCUT2D eigenvalue weighted by Crippen LogP contribution is -2.57. The quantitative estimate of drug-likeness (QED) is 0.748. The molecule has 0 aromatic carbocycles. The number of hydrogen-bond donors (Lipinski definition) is 2. The molecule has 0 spiro atoms. The lowest BCUT2D eigenvalue weighted by Gasteiger charge is -2.37. The molecule has 1 amide bonds. The van der Waals surface area contributed by atoms with E-state index < -0.39 is 15.6 Å². The second kappa shape index (κ2) is 6.19. The lowest BCUT2D eigenvalue weighted by molar-refractivity contribution is -0.138. The normalized spacial score (nSPS) is 18.6. The van der Waals surface area contributed by atoms with Crippen LogP contribution in [0.3, 0.4) is 0 Å². The summed E-state index contributed by atoms with van der Waals surface area (Å²) in [5.74, 6) is -0.0182. The Morgan fingerprint density at radius 3 is 2.16 bits per heavy atom. The predicted octanol–water partition coefficient (Wildman–Crippen LogP) is 0.0441. The first-order valence-corrected chi connectivity index (χ1v) is 8.66. The molecule has 0 aromatic rings. The number of nitrogens with two attached hydrogens (primary N) is 1. The summed E-state index contributed by atoms with van der Waals surface area (Å²) >= 11 is 0. The Hall–Kier alpha value is -0.660. The number of nitrogens with zero attached hydrogens (tertiary/aromatic N) is 1. The van der Waals surface area contributed by atoms with Gasteiger partial charge >= 0.3 is 0 Å². The minimum absolute atomic E-state index is 0.0182. The first-order valence-electron chi connectivity index (χ1n) is 6.77. The van der Waals surface area contributed by atoms with Crippen molar-refractivity contribution in [2.24, 2.45) is 5.73 Å². The monoisotopic (exact) mass is 291 g/mol. The summed E-state index contributed by atoms with van der Waals surface area (Å²) in [6.45, 7) is 4.95. The number of rotatable bonds is 5. The lowest BCUT2D eigenvalue weighted by atomic mass is 9.91. The SMILES string of the molecule is CCC(N)(CC)C(=O)N1CCC(NS(C)(=O)=O)CC1. The Labute approximate surface area is 115 Å². The summed E-state index contributed by atoms with van der Waals surface area (Å²) in [4.78, 5) is 14.1. The Morgan fingerprint density at radius 1 is 1.32 bits per heavy atom. The van der Waals surface area contributed by atoms with Gasteiger partial charge in [0.2, 0.25) is 15.9 Å². The number of piperidine rings is 1. The Bertz CT molecular complexity index is 410. The summed E-state index contributed by atoms with van der Waals surface area (Å²) in [6, 6.07) is -0.0746. The second-order valence-electron chi connectivity index (χ2n) is 5.32. The molecule has 0 aliphatic carbocycles. The van der Waals surface area contributed by atoms with Crippen molar-refractivity contribution < 1.29 is 13.2 Å². The number of sulfonamides is 1. The Kier molecular flexibility index (Phi) is 5.34.